The smallest absolute Gasteiger partial charge is 0.0651 e. The average molecular weight is 171 g/mol. The third-order valence-electron chi connectivity index (χ3n) is 2.01. The van der Waals surface area contributed by atoms with Crippen LogP contribution in [0.4, 0.5) is 0 Å². The molecule has 0 fully saturated rings. The summed E-state index contributed by atoms with van der Waals surface area (Å²) in [5.74, 6) is 0. The molecule has 1 radical (unpaired) electrons. The van der Waals surface area contributed by atoms with Crippen LogP contribution in [-0.4, -0.2) is 9.78 Å². The molecule has 0 bridgehead atoms. The van der Waals surface area contributed by atoms with Gasteiger partial charge >= 0.3 is 0 Å². The molecule has 1 aromatic heterocycles. The molecule has 2 rings (SSSR count). The number of hydrogen-bond acceptors (Lipinski definition) is 1. The lowest BCUT2D eigenvalue weighted by Crippen LogP contribution is -1.98. The fourth-order valence-corrected chi connectivity index (χ4v) is 1.35. The van der Waals surface area contributed by atoms with Crippen LogP contribution in [0.5, 0.6) is 0 Å². The van der Waals surface area contributed by atoms with Crippen molar-refractivity contribution in [2.45, 2.75) is 13.8 Å². The molecule has 2 heteroatoms. The zero-order valence-corrected chi connectivity index (χ0v) is 7.78. The van der Waals surface area contributed by atoms with Gasteiger partial charge in [0.05, 0.1) is 11.9 Å². The second-order valence-corrected chi connectivity index (χ2v) is 3.13. The molecule has 0 aliphatic heterocycles. The fourth-order valence-electron chi connectivity index (χ4n) is 1.35. The third-order valence-corrected chi connectivity index (χ3v) is 2.01. The molecule has 0 N–H and O–H groups in total. The largest absolute Gasteiger partial charge is 0.237 e. The van der Waals surface area contributed by atoms with Crippen molar-refractivity contribution in [3.05, 3.63) is 47.8 Å². The van der Waals surface area contributed by atoms with Crippen LogP contribution in [0.1, 0.15) is 11.3 Å². The molecule has 65 valence electrons. The lowest BCUT2D eigenvalue weighted by molar-refractivity contribution is 0.846. The number of benzene rings is 1. The Labute approximate surface area is 77.8 Å². The van der Waals surface area contributed by atoms with Crippen LogP contribution in [0.15, 0.2) is 30.5 Å². The Balaban J connectivity index is 2.53. The summed E-state index contributed by atoms with van der Waals surface area (Å²) in [6.07, 6.45) is 1.69. The molecule has 0 unspecified atom stereocenters. The molecule has 2 nitrogen and oxygen atoms in total. The molecule has 0 saturated carbocycles. The van der Waals surface area contributed by atoms with Crippen molar-refractivity contribution < 1.29 is 0 Å². The number of aryl methyl sites for hydroxylation is 2. The van der Waals surface area contributed by atoms with E-state index in [1.54, 1.807) is 6.20 Å². The molecule has 0 atom stereocenters. The zero-order chi connectivity index (χ0) is 9.26. The van der Waals surface area contributed by atoms with Crippen LogP contribution in [-0.2, 0) is 0 Å². The van der Waals surface area contributed by atoms with Crippen LogP contribution < -0.4 is 0 Å². The highest BCUT2D eigenvalue weighted by Gasteiger charge is 1.99. The summed E-state index contributed by atoms with van der Waals surface area (Å²) in [7, 11) is 0. The van der Waals surface area contributed by atoms with Crippen LogP contribution in [0.3, 0.4) is 0 Å². The summed E-state index contributed by atoms with van der Waals surface area (Å²) in [5.41, 5.74) is 3.37. The first kappa shape index (κ1) is 8.05. The topological polar surface area (TPSA) is 17.8 Å². The Morgan fingerprint density at radius 2 is 2.15 bits per heavy atom. The average Bonchev–Trinajstić information content (AvgIpc) is 2.51. The minimum absolute atomic E-state index is 1.03. The van der Waals surface area contributed by atoms with E-state index in [1.165, 1.54) is 5.56 Å². The number of hydrogen-bond donors (Lipinski definition) is 0. The van der Waals surface area contributed by atoms with Crippen LogP contribution in [0, 0.1) is 19.9 Å². The van der Waals surface area contributed by atoms with E-state index < -0.39 is 0 Å². The van der Waals surface area contributed by atoms with Gasteiger partial charge in [-0.3, -0.25) is 0 Å². The predicted octanol–water partition coefficient (Wildman–Crippen LogP) is 2.29. The Kier molecular flexibility index (Phi) is 1.89. The van der Waals surface area contributed by atoms with Crippen molar-refractivity contribution in [3.63, 3.8) is 0 Å². The summed E-state index contributed by atoms with van der Waals surface area (Å²) < 4.78 is 1.88. The summed E-state index contributed by atoms with van der Waals surface area (Å²) >= 11 is 0. The molecular formula is C11H11N2. The number of nitrogens with zero attached hydrogens (tertiary/aromatic N) is 2. The minimum Gasteiger partial charge on any atom is -0.237 e. The van der Waals surface area contributed by atoms with Gasteiger partial charge in [-0.05, 0) is 31.5 Å². The van der Waals surface area contributed by atoms with Crippen molar-refractivity contribution in [1.29, 1.82) is 0 Å². The van der Waals surface area contributed by atoms with E-state index in [0.29, 0.717) is 0 Å². The normalized spacial score (nSPS) is 10.3. The summed E-state index contributed by atoms with van der Waals surface area (Å²) in [6, 6.07) is 11.3. The standard InChI is InChI=1S/C11H11N2/c1-9-4-3-5-11(8-9)13-10(2)6-7-12-13/h3-5,7-8H,1-2H3. The Morgan fingerprint density at radius 1 is 1.31 bits per heavy atom. The zero-order valence-electron chi connectivity index (χ0n) is 7.78. The van der Waals surface area contributed by atoms with Crippen molar-refractivity contribution in [1.82, 2.24) is 9.78 Å². The second kappa shape index (κ2) is 3.05. The first-order valence-electron chi connectivity index (χ1n) is 4.27. The molecule has 2 aromatic rings. The fraction of sp³-hybridized carbons (Fsp3) is 0.182. The van der Waals surface area contributed by atoms with E-state index in [0.717, 1.165) is 11.4 Å². The summed E-state index contributed by atoms with van der Waals surface area (Å²) in [6.45, 7) is 4.07. The van der Waals surface area contributed by atoms with Gasteiger partial charge in [0.2, 0.25) is 0 Å². The van der Waals surface area contributed by atoms with E-state index in [4.69, 9.17) is 0 Å². The second-order valence-electron chi connectivity index (χ2n) is 3.13. The molecule has 0 aliphatic carbocycles. The molecule has 0 aliphatic rings. The van der Waals surface area contributed by atoms with Gasteiger partial charge in [-0.1, -0.05) is 12.1 Å². The third kappa shape index (κ3) is 1.47. The predicted molar refractivity (Wildman–Crippen MR) is 51.9 cm³/mol. The minimum atomic E-state index is 1.03. The molecule has 0 amide bonds. The lowest BCUT2D eigenvalue weighted by atomic mass is 10.2. The van der Waals surface area contributed by atoms with Gasteiger partial charge in [-0.15, -0.1) is 0 Å². The highest BCUT2D eigenvalue weighted by Crippen LogP contribution is 2.10. The molecule has 1 aromatic carbocycles. The molecule has 0 saturated heterocycles. The van der Waals surface area contributed by atoms with E-state index in [1.807, 2.05) is 23.7 Å². The number of aromatic nitrogens is 2. The quantitative estimate of drug-likeness (QED) is 0.643. The number of rotatable bonds is 1. The van der Waals surface area contributed by atoms with E-state index in [-0.39, 0.29) is 0 Å². The summed E-state index contributed by atoms with van der Waals surface area (Å²) in [5, 5.41) is 4.19. The monoisotopic (exact) mass is 171 g/mol. The van der Waals surface area contributed by atoms with Gasteiger partial charge in [-0.25, -0.2) is 4.68 Å². The Bertz CT molecular complexity index is 416. The van der Waals surface area contributed by atoms with Gasteiger partial charge in [0, 0.05) is 11.8 Å². The van der Waals surface area contributed by atoms with Crippen molar-refractivity contribution >= 4 is 0 Å². The SMILES string of the molecule is Cc1cccc(-n2nc[c]c2C)c1. The highest BCUT2D eigenvalue weighted by atomic mass is 15.3. The molecule has 0 spiro atoms. The van der Waals surface area contributed by atoms with E-state index in [2.05, 4.69) is 30.2 Å². The highest BCUT2D eigenvalue weighted by molar-refractivity contribution is 5.35. The first-order valence-corrected chi connectivity index (χ1v) is 4.27. The van der Waals surface area contributed by atoms with Crippen molar-refractivity contribution in [2.75, 3.05) is 0 Å². The van der Waals surface area contributed by atoms with Crippen LogP contribution in [0.2, 0.25) is 0 Å². The first-order chi connectivity index (χ1) is 6.27. The molecular weight excluding hydrogens is 160 g/mol. The van der Waals surface area contributed by atoms with Crippen molar-refractivity contribution in [3.8, 4) is 5.69 Å². The van der Waals surface area contributed by atoms with Crippen molar-refractivity contribution in [2.24, 2.45) is 0 Å². The van der Waals surface area contributed by atoms with Gasteiger partial charge in [-0.2, -0.15) is 5.10 Å². The van der Waals surface area contributed by atoms with E-state index >= 15 is 0 Å². The van der Waals surface area contributed by atoms with Gasteiger partial charge < -0.3 is 0 Å². The summed E-state index contributed by atoms with van der Waals surface area (Å²) in [4.78, 5) is 0. The Morgan fingerprint density at radius 3 is 2.77 bits per heavy atom. The van der Waals surface area contributed by atoms with Gasteiger partial charge in [0.1, 0.15) is 0 Å². The van der Waals surface area contributed by atoms with Crippen LogP contribution in [0.25, 0.3) is 5.69 Å². The van der Waals surface area contributed by atoms with E-state index in [9.17, 15) is 0 Å². The maximum atomic E-state index is 4.19. The maximum absolute atomic E-state index is 4.19. The molecule has 13 heavy (non-hydrogen) atoms. The van der Waals surface area contributed by atoms with Gasteiger partial charge in [0.25, 0.3) is 0 Å². The lowest BCUT2D eigenvalue weighted by Gasteiger charge is -2.04. The maximum Gasteiger partial charge on any atom is 0.0651 e. The Hall–Kier alpha value is -1.57. The van der Waals surface area contributed by atoms with Gasteiger partial charge in [0.15, 0.2) is 0 Å². The van der Waals surface area contributed by atoms with Crippen LogP contribution >= 0.6 is 0 Å². The molecule has 1 heterocycles.